The van der Waals surface area contributed by atoms with Gasteiger partial charge in [-0.05, 0) is 55.1 Å². The summed E-state index contributed by atoms with van der Waals surface area (Å²) in [6.07, 6.45) is 8.06. The highest BCUT2D eigenvalue weighted by atomic mass is 16.2. The lowest BCUT2D eigenvalue weighted by molar-refractivity contribution is -0.119. The molecule has 1 N–H and O–H groups in total. The Kier molecular flexibility index (Phi) is 7.92. The topological polar surface area (TPSA) is 95.1 Å². The molecule has 2 heterocycles. The van der Waals surface area contributed by atoms with Crippen LogP contribution in [0.1, 0.15) is 61.9 Å². The first-order valence-electron chi connectivity index (χ1n) is 13.5. The number of benzene rings is 2. The van der Waals surface area contributed by atoms with Crippen LogP contribution in [0.25, 0.3) is 0 Å². The minimum absolute atomic E-state index is 0.0568. The predicted octanol–water partition coefficient (Wildman–Crippen LogP) is 4.59. The van der Waals surface area contributed by atoms with Gasteiger partial charge in [-0.3, -0.25) is 4.79 Å². The fourth-order valence-corrected chi connectivity index (χ4v) is 5.54. The molecule has 8 nitrogen and oxygen atoms in total. The fraction of sp³-hybridized carbons (Fsp3) is 0.483. The number of urea groups is 1. The number of rotatable bonds is 14. The monoisotopic (exact) mass is 500 g/mol. The Morgan fingerprint density at radius 1 is 0.973 bits per heavy atom. The van der Waals surface area contributed by atoms with Crippen molar-refractivity contribution in [3.05, 3.63) is 77.6 Å². The smallest absolute Gasteiger partial charge is 0.319 e. The van der Waals surface area contributed by atoms with Crippen molar-refractivity contribution in [1.82, 2.24) is 30.4 Å². The van der Waals surface area contributed by atoms with E-state index in [1.54, 1.807) is 0 Å². The van der Waals surface area contributed by atoms with Crippen LogP contribution >= 0.6 is 0 Å². The van der Waals surface area contributed by atoms with Gasteiger partial charge in [0.2, 0.25) is 0 Å². The van der Waals surface area contributed by atoms with Crippen LogP contribution in [-0.4, -0.2) is 61.4 Å². The first kappa shape index (κ1) is 25.1. The number of amides is 2. The van der Waals surface area contributed by atoms with Crippen LogP contribution < -0.4 is 0 Å². The van der Waals surface area contributed by atoms with Crippen LogP contribution in [0.3, 0.4) is 0 Å². The summed E-state index contributed by atoms with van der Waals surface area (Å²) in [4.78, 5) is 30.3. The van der Waals surface area contributed by atoms with Gasteiger partial charge in [-0.25, -0.2) is 4.79 Å². The minimum atomic E-state index is -0.0611. The van der Waals surface area contributed by atoms with Gasteiger partial charge in [0, 0.05) is 38.9 Å². The van der Waals surface area contributed by atoms with Gasteiger partial charge >= 0.3 is 6.03 Å². The number of nitrogens with zero attached hydrogens (tertiary/aromatic N) is 5. The predicted molar refractivity (Wildman–Crippen MR) is 141 cm³/mol. The summed E-state index contributed by atoms with van der Waals surface area (Å²) in [6.45, 7) is 1.89. The lowest BCUT2D eigenvalue weighted by Gasteiger charge is -2.24. The van der Waals surface area contributed by atoms with Crippen molar-refractivity contribution in [2.24, 2.45) is 5.41 Å². The third kappa shape index (κ3) is 6.81. The van der Waals surface area contributed by atoms with Gasteiger partial charge in [-0.15, -0.1) is 10.2 Å². The first-order chi connectivity index (χ1) is 18.1. The number of carbonyl (C=O) groups is 2. The van der Waals surface area contributed by atoms with E-state index >= 15 is 0 Å². The lowest BCUT2D eigenvalue weighted by Crippen LogP contribution is -2.37. The van der Waals surface area contributed by atoms with E-state index in [9.17, 15) is 9.59 Å². The molecule has 1 aliphatic carbocycles. The van der Waals surface area contributed by atoms with Gasteiger partial charge in [0.25, 0.3) is 0 Å². The normalized spacial score (nSPS) is 18.4. The summed E-state index contributed by atoms with van der Waals surface area (Å²) in [5.41, 5.74) is 2.63. The van der Waals surface area contributed by atoms with Crippen LogP contribution in [0.5, 0.6) is 0 Å². The Morgan fingerprint density at radius 2 is 1.70 bits per heavy atom. The van der Waals surface area contributed by atoms with E-state index in [2.05, 4.69) is 44.9 Å². The van der Waals surface area contributed by atoms with Crippen molar-refractivity contribution in [2.45, 2.75) is 70.4 Å². The van der Waals surface area contributed by atoms with E-state index in [1.165, 1.54) is 18.4 Å². The van der Waals surface area contributed by atoms with Gasteiger partial charge in [-0.1, -0.05) is 65.9 Å². The average molecular weight is 501 g/mol. The fourth-order valence-electron chi connectivity index (χ4n) is 5.54. The maximum atomic E-state index is 13.4. The Bertz CT molecular complexity index is 1150. The molecule has 37 heavy (non-hydrogen) atoms. The van der Waals surface area contributed by atoms with Crippen LogP contribution in [0.15, 0.2) is 60.7 Å². The molecule has 1 aliphatic heterocycles. The van der Waals surface area contributed by atoms with Gasteiger partial charge in [-0.2, -0.15) is 5.21 Å². The molecule has 0 bridgehead atoms. The molecule has 5 rings (SSSR count). The number of carbonyl (C=O) groups excluding carboxylic acids is 2. The maximum absolute atomic E-state index is 13.4. The second-order valence-corrected chi connectivity index (χ2v) is 10.7. The highest BCUT2D eigenvalue weighted by molar-refractivity contribution is 5.82. The minimum Gasteiger partial charge on any atom is -0.319 e. The summed E-state index contributed by atoms with van der Waals surface area (Å²) >= 11 is 0. The van der Waals surface area contributed by atoms with E-state index in [0.717, 1.165) is 43.5 Å². The molecule has 1 saturated heterocycles. The zero-order chi connectivity index (χ0) is 25.5. The van der Waals surface area contributed by atoms with Crippen LogP contribution in [-0.2, 0) is 24.2 Å². The zero-order valence-electron chi connectivity index (χ0n) is 21.4. The number of aromatic nitrogens is 4. The van der Waals surface area contributed by atoms with Crippen LogP contribution in [0, 0.1) is 5.41 Å². The van der Waals surface area contributed by atoms with Crippen molar-refractivity contribution < 1.29 is 9.59 Å². The molecular weight excluding hydrogens is 464 g/mol. The van der Waals surface area contributed by atoms with Crippen LogP contribution in [0.2, 0.25) is 0 Å². The standard InChI is InChI=1S/C29H36N6O2/c36-26(13-12-23-8-3-1-4-9-23)20-25-22-34(21-24-10-5-2-6-11-24)28(37)35(25)19-7-15-29(17-18-29)16-14-27-30-32-33-31-27/h1-6,8-11,25H,7,12-22H2,(H,30,31,32,33)/t25-/m0/s1. The molecule has 0 spiro atoms. The molecule has 194 valence electrons. The van der Waals surface area contributed by atoms with Crippen molar-refractivity contribution >= 4 is 11.8 Å². The number of hydrogen-bond acceptors (Lipinski definition) is 5. The van der Waals surface area contributed by atoms with E-state index in [4.69, 9.17) is 0 Å². The Morgan fingerprint density at radius 3 is 2.38 bits per heavy atom. The summed E-state index contributed by atoms with van der Waals surface area (Å²) in [5.74, 6) is 0.999. The van der Waals surface area contributed by atoms with Gasteiger partial charge in [0.1, 0.15) is 5.78 Å². The molecule has 3 aromatic rings. The maximum Gasteiger partial charge on any atom is 0.320 e. The lowest BCUT2D eigenvalue weighted by atomic mass is 9.94. The highest BCUT2D eigenvalue weighted by Gasteiger charge is 2.43. The molecule has 0 radical (unpaired) electrons. The Balaban J connectivity index is 1.17. The summed E-state index contributed by atoms with van der Waals surface area (Å²) in [5, 5.41) is 14.3. The molecular formula is C29H36N6O2. The second kappa shape index (κ2) is 11.7. The zero-order valence-corrected chi connectivity index (χ0v) is 21.4. The van der Waals surface area contributed by atoms with Crippen LogP contribution in [0.4, 0.5) is 4.79 Å². The molecule has 8 heteroatoms. The van der Waals surface area contributed by atoms with Gasteiger partial charge in [0.05, 0.1) is 6.04 Å². The van der Waals surface area contributed by atoms with E-state index < -0.39 is 0 Å². The SMILES string of the molecule is O=C(CCc1ccccc1)C[C@H]1CN(Cc2ccccc2)C(=O)N1CCCC1(CCc2nn[nH]n2)CC1. The summed E-state index contributed by atoms with van der Waals surface area (Å²) in [6, 6.07) is 20.2. The number of Topliss-reactive ketones (excluding diaryl/α,β-unsaturated/α-hetero) is 1. The van der Waals surface area contributed by atoms with Crippen molar-refractivity contribution in [1.29, 1.82) is 0 Å². The average Bonchev–Trinajstić information content (AvgIpc) is 3.37. The second-order valence-electron chi connectivity index (χ2n) is 10.7. The number of H-pyrrole nitrogens is 1. The van der Waals surface area contributed by atoms with Gasteiger partial charge in [0.15, 0.2) is 5.82 Å². The molecule has 2 amide bonds. The van der Waals surface area contributed by atoms with Gasteiger partial charge < -0.3 is 9.80 Å². The van der Waals surface area contributed by atoms with Crippen molar-refractivity contribution in [3.8, 4) is 0 Å². The molecule has 1 atom stereocenters. The summed E-state index contributed by atoms with van der Waals surface area (Å²) in [7, 11) is 0. The van der Waals surface area contributed by atoms with Crippen molar-refractivity contribution in [3.63, 3.8) is 0 Å². The molecule has 2 fully saturated rings. The Labute approximate surface area is 218 Å². The quantitative estimate of drug-likeness (QED) is 0.349. The number of hydrogen-bond donors (Lipinski definition) is 1. The van der Waals surface area contributed by atoms with E-state index in [0.29, 0.717) is 37.9 Å². The molecule has 2 aliphatic rings. The molecule has 0 unspecified atom stereocenters. The van der Waals surface area contributed by atoms with E-state index in [1.807, 2.05) is 46.2 Å². The molecule has 1 saturated carbocycles. The number of ketones is 1. The number of tetrazole rings is 1. The third-order valence-corrected chi connectivity index (χ3v) is 7.93. The largest absolute Gasteiger partial charge is 0.320 e. The van der Waals surface area contributed by atoms with Crippen molar-refractivity contribution in [2.75, 3.05) is 13.1 Å². The number of nitrogens with one attached hydrogen (secondary N) is 1. The number of aryl methyl sites for hydroxylation is 2. The summed E-state index contributed by atoms with van der Waals surface area (Å²) < 4.78 is 0. The highest BCUT2D eigenvalue weighted by Crippen LogP contribution is 2.53. The molecule has 1 aromatic heterocycles. The number of aromatic amines is 1. The third-order valence-electron chi connectivity index (χ3n) is 7.93. The first-order valence-corrected chi connectivity index (χ1v) is 13.5. The molecule has 2 aromatic carbocycles. The van der Waals surface area contributed by atoms with E-state index in [-0.39, 0.29) is 17.9 Å². The Hall–Kier alpha value is -3.55.